The number of carbonyl (C=O) groups is 2. The molecule has 1 aliphatic rings. The number of hydrogen-bond donors (Lipinski definition) is 2. The second-order valence-corrected chi connectivity index (χ2v) is 5.53. The zero-order valence-corrected chi connectivity index (χ0v) is 11.3. The van der Waals surface area contributed by atoms with Crippen LogP contribution in [0.5, 0.6) is 0 Å². The number of thiocarbonyl (C=S) groups is 1. The van der Waals surface area contributed by atoms with Gasteiger partial charge in [-0.15, -0.1) is 0 Å². The van der Waals surface area contributed by atoms with Gasteiger partial charge in [-0.3, -0.25) is 9.00 Å². The van der Waals surface area contributed by atoms with Crippen molar-refractivity contribution in [2.75, 3.05) is 19.1 Å². The number of esters is 1. The Kier molecular flexibility index (Phi) is 4.37. The summed E-state index contributed by atoms with van der Waals surface area (Å²) in [5.74, 6) is -3.16. The normalized spacial score (nSPS) is 28.6. The van der Waals surface area contributed by atoms with Gasteiger partial charge in [-0.2, -0.15) is 5.26 Å². The molecule has 18 heavy (non-hydrogen) atoms. The molecule has 98 valence electrons. The molecule has 0 radical (unpaired) electrons. The third-order valence-electron chi connectivity index (χ3n) is 2.44. The Labute approximate surface area is 111 Å². The average Bonchev–Trinajstić information content (AvgIpc) is 2.26. The molecule has 1 aliphatic heterocycles. The molecule has 0 saturated carbocycles. The molecule has 0 aliphatic carbocycles. The minimum Gasteiger partial charge on any atom is -0.467 e. The van der Waals surface area contributed by atoms with E-state index in [-0.39, 0.29) is 10.9 Å². The van der Waals surface area contributed by atoms with Gasteiger partial charge >= 0.3 is 5.97 Å². The fraction of sp³-hybridized carbons (Fsp3) is 0.556. The molecular formula is C9H11N3O4S2. The van der Waals surface area contributed by atoms with Crippen LogP contribution in [0.15, 0.2) is 0 Å². The van der Waals surface area contributed by atoms with Gasteiger partial charge in [-0.05, 0) is 12.2 Å². The van der Waals surface area contributed by atoms with Gasteiger partial charge in [0, 0.05) is 17.1 Å². The molecule has 1 amide bonds. The van der Waals surface area contributed by atoms with Crippen LogP contribution in [0.1, 0.15) is 0 Å². The van der Waals surface area contributed by atoms with Crippen LogP contribution in [0.25, 0.3) is 0 Å². The lowest BCUT2D eigenvalue weighted by molar-refractivity contribution is -0.151. The maximum Gasteiger partial charge on any atom is 0.334 e. The number of hydrogen-bond acceptors (Lipinski definition) is 6. The molecule has 3 atom stereocenters. The highest BCUT2D eigenvalue weighted by molar-refractivity contribution is 7.84. The molecule has 0 spiro atoms. The Morgan fingerprint density at radius 1 is 1.72 bits per heavy atom. The van der Waals surface area contributed by atoms with Crippen LogP contribution in [0.2, 0.25) is 0 Å². The Hall–Kier alpha value is -1.53. The zero-order chi connectivity index (χ0) is 13.9. The van der Waals surface area contributed by atoms with Crippen molar-refractivity contribution in [3.8, 4) is 6.07 Å². The highest BCUT2D eigenvalue weighted by Crippen LogP contribution is 2.24. The number of methoxy groups -OCH3 is 1. The first kappa shape index (κ1) is 14.5. The summed E-state index contributed by atoms with van der Waals surface area (Å²) in [7, 11) is -0.311. The molecule has 0 unspecified atom stereocenters. The summed E-state index contributed by atoms with van der Waals surface area (Å²) in [6.07, 6.45) is 1.36. The van der Waals surface area contributed by atoms with E-state index in [9.17, 15) is 13.8 Å². The predicted molar refractivity (Wildman–Crippen MR) is 66.7 cm³/mol. The minimum atomic E-state index is -1.71. The lowest BCUT2D eigenvalue weighted by Gasteiger charge is -2.38. The van der Waals surface area contributed by atoms with Crippen LogP contribution in [-0.2, 0) is 25.1 Å². The van der Waals surface area contributed by atoms with Crippen molar-refractivity contribution in [1.29, 1.82) is 5.26 Å². The van der Waals surface area contributed by atoms with Crippen LogP contribution in [0.3, 0.4) is 0 Å². The van der Waals surface area contributed by atoms with Gasteiger partial charge in [0.2, 0.25) is 5.91 Å². The third kappa shape index (κ3) is 2.49. The van der Waals surface area contributed by atoms with Crippen molar-refractivity contribution in [3.05, 3.63) is 0 Å². The van der Waals surface area contributed by atoms with E-state index in [1.54, 1.807) is 6.07 Å². The third-order valence-corrected chi connectivity index (χ3v) is 3.50. The van der Waals surface area contributed by atoms with Crippen molar-refractivity contribution in [2.24, 2.45) is 5.92 Å². The van der Waals surface area contributed by atoms with Crippen molar-refractivity contribution in [3.63, 3.8) is 0 Å². The summed E-state index contributed by atoms with van der Waals surface area (Å²) in [6.45, 7) is 0. The van der Waals surface area contributed by atoms with E-state index >= 15 is 0 Å². The Morgan fingerprint density at radius 3 is 2.78 bits per heavy atom. The monoisotopic (exact) mass is 289 g/mol. The summed E-state index contributed by atoms with van der Waals surface area (Å²) in [5.41, 5.74) is -1.71. The molecule has 1 heterocycles. The van der Waals surface area contributed by atoms with E-state index in [2.05, 4.69) is 15.4 Å². The Morgan fingerprint density at radius 2 is 2.33 bits per heavy atom. The summed E-state index contributed by atoms with van der Waals surface area (Å²) < 4.78 is 16.0. The Balaban J connectivity index is 3.31. The van der Waals surface area contributed by atoms with Gasteiger partial charge in [0.25, 0.3) is 0 Å². The fourth-order valence-corrected chi connectivity index (χ4v) is 3.01. The van der Waals surface area contributed by atoms with E-state index in [1.165, 1.54) is 6.26 Å². The molecule has 0 aromatic carbocycles. The summed E-state index contributed by atoms with van der Waals surface area (Å²) in [5, 5.41) is 13.7. The minimum absolute atomic E-state index is 0.0950. The maximum atomic E-state index is 11.9. The predicted octanol–water partition coefficient (Wildman–Crippen LogP) is -1.58. The Bertz CT molecular complexity index is 469. The SMILES string of the molecule is COC(=O)[C@]1(C[S@](C)=O)NC(=S)NC(=O)[C@H]1C#N. The van der Waals surface area contributed by atoms with E-state index in [1.807, 2.05) is 0 Å². The molecule has 0 bridgehead atoms. The number of ether oxygens (including phenoxy) is 1. The van der Waals surface area contributed by atoms with Crippen molar-refractivity contribution < 1.29 is 18.5 Å². The molecule has 1 saturated heterocycles. The fourth-order valence-electron chi connectivity index (χ4n) is 1.73. The molecule has 0 aromatic rings. The van der Waals surface area contributed by atoms with Crippen molar-refractivity contribution in [1.82, 2.24) is 10.6 Å². The summed E-state index contributed by atoms with van der Waals surface area (Å²) >= 11 is 4.79. The van der Waals surface area contributed by atoms with Gasteiger partial charge in [0.1, 0.15) is 0 Å². The molecule has 2 N–H and O–H groups in total. The van der Waals surface area contributed by atoms with Crippen molar-refractivity contribution >= 4 is 40.0 Å². The smallest absolute Gasteiger partial charge is 0.334 e. The molecule has 7 nitrogen and oxygen atoms in total. The number of nitriles is 1. The number of rotatable bonds is 3. The lowest BCUT2D eigenvalue weighted by Crippen LogP contribution is -2.71. The molecule has 1 rings (SSSR count). The second-order valence-electron chi connectivity index (χ2n) is 3.69. The van der Waals surface area contributed by atoms with Crippen LogP contribution in [0, 0.1) is 17.2 Å². The highest BCUT2D eigenvalue weighted by atomic mass is 32.2. The van der Waals surface area contributed by atoms with Gasteiger partial charge in [-0.25, -0.2) is 4.79 Å². The van der Waals surface area contributed by atoms with Crippen LogP contribution in [-0.4, -0.2) is 45.9 Å². The molecular weight excluding hydrogens is 278 g/mol. The van der Waals surface area contributed by atoms with E-state index in [4.69, 9.17) is 17.5 Å². The summed E-state index contributed by atoms with van der Waals surface area (Å²) in [4.78, 5) is 23.6. The number of amides is 1. The van der Waals surface area contributed by atoms with E-state index < -0.39 is 34.1 Å². The highest BCUT2D eigenvalue weighted by Gasteiger charge is 2.55. The standard InChI is InChI=1S/C9H11N3O4S2/c1-16-7(14)9(4-18(2)15)5(3-10)6(13)11-8(17)12-9/h5H,4H2,1-2H3,(H2,11,12,13,17)/t5-,9-,18+/m1/s1. The van der Waals surface area contributed by atoms with Gasteiger partial charge in [0.15, 0.2) is 16.6 Å². The quantitative estimate of drug-likeness (QED) is 0.477. The van der Waals surface area contributed by atoms with Crippen LogP contribution in [0.4, 0.5) is 0 Å². The van der Waals surface area contributed by atoms with Crippen LogP contribution >= 0.6 is 12.2 Å². The summed E-state index contributed by atoms with van der Waals surface area (Å²) in [6, 6.07) is 1.72. The number of nitrogens with zero attached hydrogens (tertiary/aromatic N) is 1. The largest absolute Gasteiger partial charge is 0.467 e. The van der Waals surface area contributed by atoms with E-state index in [0.717, 1.165) is 7.11 Å². The number of nitrogens with one attached hydrogen (secondary N) is 2. The average molecular weight is 289 g/mol. The van der Waals surface area contributed by atoms with Crippen LogP contribution < -0.4 is 10.6 Å². The molecule has 1 fully saturated rings. The first-order valence-electron chi connectivity index (χ1n) is 4.78. The molecule has 9 heteroatoms. The first-order valence-corrected chi connectivity index (χ1v) is 6.92. The van der Waals surface area contributed by atoms with Gasteiger partial charge < -0.3 is 15.4 Å². The second kappa shape index (κ2) is 5.41. The lowest BCUT2D eigenvalue weighted by atomic mass is 9.84. The van der Waals surface area contributed by atoms with Gasteiger partial charge in [-0.1, -0.05) is 0 Å². The number of carbonyl (C=O) groups excluding carboxylic acids is 2. The topological polar surface area (TPSA) is 108 Å². The van der Waals surface area contributed by atoms with E-state index in [0.29, 0.717) is 0 Å². The zero-order valence-electron chi connectivity index (χ0n) is 9.68. The maximum absolute atomic E-state index is 11.9. The van der Waals surface area contributed by atoms with Gasteiger partial charge in [0.05, 0.1) is 18.9 Å². The first-order chi connectivity index (χ1) is 8.37. The molecule has 0 aromatic heterocycles. The van der Waals surface area contributed by atoms with Crippen molar-refractivity contribution in [2.45, 2.75) is 5.54 Å².